The van der Waals surface area contributed by atoms with Crippen LogP contribution in [0.4, 0.5) is 50.6 Å². The van der Waals surface area contributed by atoms with E-state index in [4.69, 9.17) is 11.6 Å². The van der Waals surface area contributed by atoms with Gasteiger partial charge in [0.1, 0.15) is 18.0 Å². The number of nitro groups is 1. The Hall–Kier alpha value is -3.54. The van der Waals surface area contributed by atoms with Gasteiger partial charge in [-0.2, -0.15) is 13.2 Å². The summed E-state index contributed by atoms with van der Waals surface area (Å²) < 4.78 is 65.7. The first-order valence-electron chi connectivity index (χ1n) is 7.91. The lowest BCUT2D eigenvalue weighted by atomic mass is 10.2. The Kier molecular flexibility index (Phi) is 5.69. The molecule has 0 saturated heterocycles. The zero-order valence-electron chi connectivity index (χ0n) is 14.5. The van der Waals surface area contributed by atoms with Gasteiger partial charge in [-0.15, -0.1) is 0 Å². The maximum atomic E-state index is 13.9. The predicted octanol–water partition coefficient (Wildman–Crippen LogP) is 5.82. The zero-order valence-corrected chi connectivity index (χ0v) is 15.2. The Morgan fingerprint density at radius 3 is 2.17 bits per heavy atom. The van der Waals surface area contributed by atoms with E-state index in [0.717, 1.165) is 30.6 Å². The number of aromatic nitrogens is 2. The lowest BCUT2D eigenvalue weighted by molar-refractivity contribution is -0.383. The molecule has 2 aromatic carbocycles. The lowest BCUT2D eigenvalue weighted by Crippen LogP contribution is -2.08. The SMILES string of the molecule is O=[N+]([O-])c1c(Nc2ccc(F)cc2F)ncnc1Nc1cc(C(F)(F)F)ccc1Cl. The molecule has 0 saturated carbocycles. The van der Waals surface area contributed by atoms with E-state index < -0.39 is 45.6 Å². The Labute approximate surface area is 169 Å². The quantitative estimate of drug-likeness (QED) is 0.292. The molecule has 0 radical (unpaired) electrons. The molecule has 1 aromatic heterocycles. The topological polar surface area (TPSA) is 93.0 Å². The van der Waals surface area contributed by atoms with Crippen molar-refractivity contribution in [3.63, 3.8) is 0 Å². The smallest absolute Gasteiger partial charge is 0.333 e. The second-order valence-electron chi connectivity index (χ2n) is 5.74. The molecule has 0 atom stereocenters. The standard InChI is InChI=1S/C17H9ClF5N5O2/c18-10-3-1-8(17(21,22)23)5-13(10)27-16-14(28(29)30)15(24-7-25-16)26-12-4-2-9(19)6-11(12)20/h1-7H,(H2,24,25,26,27). The van der Waals surface area contributed by atoms with Crippen LogP contribution in [0.1, 0.15) is 5.56 Å². The minimum Gasteiger partial charge on any atom is -0.333 e. The molecule has 0 aliphatic rings. The molecule has 13 heteroatoms. The number of alkyl halides is 3. The van der Waals surface area contributed by atoms with E-state index in [0.29, 0.717) is 12.1 Å². The van der Waals surface area contributed by atoms with Crippen molar-refractivity contribution in [3.8, 4) is 0 Å². The number of nitrogens with zero attached hydrogens (tertiary/aromatic N) is 3. The highest BCUT2D eigenvalue weighted by atomic mass is 35.5. The Morgan fingerprint density at radius 2 is 1.60 bits per heavy atom. The summed E-state index contributed by atoms with van der Waals surface area (Å²) in [6.45, 7) is 0. The van der Waals surface area contributed by atoms with Crippen LogP contribution in [0.15, 0.2) is 42.7 Å². The van der Waals surface area contributed by atoms with Crippen molar-refractivity contribution in [1.82, 2.24) is 9.97 Å². The summed E-state index contributed by atoms with van der Waals surface area (Å²) in [6, 6.07) is 4.82. The van der Waals surface area contributed by atoms with Crippen LogP contribution in [0.2, 0.25) is 5.02 Å². The molecule has 7 nitrogen and oxygen atoms in total. The van der Waals surface area contributed by atoms with Gasteiger partial charge in [-0.3, -0.25) is 10.1 Å². The molecular formula is C17H9ClF5N5O2. The molecule has 156 valence electrons. The third-order valence-corrected chi connectivity index (χ3v) is 4.07. The van der Waals surface area contributed by atoms with Crippen LogP contribution in [0.3, 0.4) is 0 Å². The van der Waals surface area contributed by atoms with Gasteiger partial charge in [-0.25, -0.2) is 18.7 Å². The number of benzene rings is 2. The van der Waals surface area contributed by atoms with E-state index >= 15 is 0 Å². The summed E-state index contributed by atoms with van der Waals surface area (Å²) in [6.07, 6.45) is -3.81. The van der Waals surface area contributed by atoms with Crippen molar-refractivity contribution in [1.29, 1.82) is 0 Å². The number of hydrogen-bond acceptors (Lipinski definition) is 6. The summed E-state index contributed by atoms with van der Waals surface area (Å²) in [4.78, 5) is 18.0. The molecular weight excluding hydrogens is 437 g/mol. The second-order valence-corrected chi connectivity index (χ2v) is 6.15. The molecule has 0 unspecified atom stereocenters. The maximum Gasteiger partial charge on any atom is 0.416 e. The largest absolute Gasteiger partial charge is 0.416 e. The van der Waals surface area contributed by atoms with Crippen molar-refractivity contribution in [2.24, 2.45) is 0 Å². The highest BCUT2D eigenvalue weighted by Crippen LogP contribution is 2.38. The van der Waals surface area contributed by atoms with Crippen LogP contribution in [-0.2, 0) is 6.18 Å². The summed E-state index contributed by atoms with van der Waals surface area (Å²) in [5.74, 6) is -2.89. The molecule has 0 amide bonds. The molecule has 3 rings (SSSR count). The normalized spacial score (nSPS) is 11.3. The van der Waals surface area contributed by atoms with Gasteiger partial charge >= 0.3 is 11.9 Å². The van der Waals surface area contributed by atoms with E-state index in [-0.39, 0.29) is 16.4 Å². The zero-order chi connectivity index (χ0) is 22.1. The number of anilines is 4. The maximum absolute atomic E-state index is 13.9. The van der Waals surface area contributed by atoms with E-state index in [1.54, 1.807) is 0 Å². The Morgan fingerprint density at radius 1 is 0.967 bits per heavy atom. The van der Waals surface area contributed by atoms with Crippen molar-refractivity contribution >= 4 is 40.3 Å². The fourth-order valence-corrected chi connectivity index (χ4v) is 2.54. The van der Waals surface area contributed by atoms with Crippen molar-refractivity contribution < 1.29 is 26.9 Å². The van der Waals surface area contributed by atoms with Crippen molar-refractivity contribution in [2.45, 2.75) is 6.18 Å². The van der Waals surface area contributed by atoms with E-state index in [2.05, 4.69) is 20.6 Å². The van der Waals surface area contributed by atoms with Crippen LogP contribution in [0.5, 0.6) is 0 Å². The van der Waals surface area contributed by atoms with Gasteiger partial charge in [0, 0.05) is 6.07 Å². The first-order chi connectivity index (χ1) is 14.1. The third-order valence-electron chi connectivity index (χ3n) is 3.74. The van der Waals surface area contributed by atoms with Gasteiger partial charge in [-0.1, -0.05) is 11.6 Å². The molecule has 30 heavy (non-hydrogen) atoms. The van der Waals surface area contributed by atoms with Gasteiger partial charge in [-0.05, 0) is 30.3 Å². The average Bonchev–Trinajstić information content (AvgIpc) is 2.65. The molecule has 0 fully saturated rings. The van der Waals surface area contributed by atoms with Crippen LogP contribution in [0.25, 0.3) is 0 Å². The van der Waals surface area contributed by atoms with Crippen molar-refractivity contribution in [3.05, 3.63) is 75.1 Å². The van der Waals surface area contributed by atoms with Gasteiger partial charge in [0.15, 0.2) is 0 Å². The number of hydrogen-bond donors (Lipinski definition) is 2. The summed E-state index contributed by atoms with van der Waals surface area (Å²) >= 11 is 5.89. The van der Waals surface area contributed by atoms with E-state index in [1.807, 2.05) is 0 Å². The van der Waals surface area contributed by atoms with Crippen LogP contribution in [-0.4, -0.2) is 14.9 Å². The molecule has 3 aromatic rings. The Balaban J connectivity index is 2.03. The lowest BCUT2D eigenvalue weighted by Gasteiger charge is -2.13. The molecule has 0 spiro atoms. The van der Waals surface area contributed by atoms with Crippen LogP contribution < -0.4 is 10.6 Å². The molecule has 0 bridgehead atoms. The van der Waals surface area contributed by atoms with Crippen LogP contribution >= 0.6 is 11.6 Å². The average molecular weight is 446 g/mol. The highest BCUT2D eigenvalue weighted by Gasteiger charge is 2.31. The molecule has 1 heterocycles. The minimum atomic E-state index is -4.68. The van der Waals surface area contributed by atoms with Crippen LogP contribution in [0, 0.1) is 21.7 Å². The molecule has 2 N–H and O–H groups in total. The monoisotopic (exact) mass is 445 g/mol. The van der Waals surface area contributed by atoms with Crippen molar-refractivity contribution in [2.75, 3.05) is 10.6 Å². The number of rotatable bonds is 5. The van der Waals surface area contributed by atoms with Gasteiger partial charge in [0.05, 0.1) is 26.9 Å². The summed E-state index contributed by atoms with van der Waals surface area (Å²) in [7, 11) is 0. The van der Waals surface area contributed by atoms with E-state index in [1.165, 1.54) is 0 Å². The second kappa shape index (κ2) is 8.06. The highest BCUT2D eigenvalue weighted by molar-refractivity contribution is 6.33. The Bertz CT molecular complexity index is 1130. The fraction of sp³-hybridized carbons (Fsp3) is 0.0588. The van der Waals surface area contributed by atoms with Gasteiger partial charge < -0.3 is 10.6 Å². The molecule has 0 aliphatic carbocycles. The van der Waals surface area contributed by atoms with Gasteiger partial charge in [0.2, 0.25) is 11.6 Å². The summed E-state index contributed by atoms with van der Waals surface area (Å²) in [5, 5.41) is 16.1. The first kappa shape index (κ1) is 21.2. The minimum absolute atomic E-state index is 0.157. The molecule has 0 aliphatic heterocycles. The predicted molar refractivity (Wildman–Crippen MR) is 98.1 cm³/mol. The van der Waals surface area contributed by atoms with Gasteiger partial charge in [0.25, 0.3) is 0 Å². The fourth-order valence-electron chi connectivity index (χ4n) is 2.38. The third kappa shape index (κ3) is 4.54. The number of halogens is 6. The number of nitrogens with one attached hydrogen (secondary N) is 2. The summed E-state index contributed by atoms with van der Waals surface area (Å²) in [5.41, 5.74) is -2.46. The van der Waals surface area contributed by atoms with E-state index in [9.17, 15) is 32.1 Å². The first-order valence-corrected chi connectivity index (χ1v) is 8.29.